The van der Waals surface area contributed by atoms with Crippen molar-refractivity contribution in [2.75, 3.05) is 13.7 Å². The SMILES string of the molecule is CCC1CCC(NC(=O)C2CC(OC)CN2)CC1. The van der Waals surface area contributed by atoms with Crippen LogP contribution in [0.25, 0.3) is 0 Å². The zero-order valence-corrected chi connectivity index (χ0v) is 11.6. The van der Waals surface area contributed by atoms with Gasteiger partial charge in [0, 0.05) is 19.7 Å². The first kappa shape index (κ1) is 13.8. The summed E-state index contributed by atoms with van der Waals surface area (Å²) in [5, 5.41) is 6.42. The molecule has 0 aromatic rings. The molecule has 0 spiro atoms. The van der Waals surface area contributed by atoms with Crippen molar-refractivity contribution in [1.82, 2.24) is 10.6 Å². The number of amides is 1. The van der Waals surface area contributed by atoms with Gasteiger partial charge in [-0.15, -0.1) is 0 Å². The first-order chi connectivity index (χ1) is 8.72. The van der Waals surface area contributed by atoms with Crippen molar-refractivity contribution in [2.24, 2.45) is 5.92 Å². The van der Waals surface area contributed by atoms with Crippen LogP contribution in [0.2, 0.25) is 0 Å². The van der Waals surface area contributed by atoms with Gasteiger partial charge in [0.05, 0.1) is 12.1 Å². The van der Waals surface area contributed by atoms with Gasteiger partial charge in [-0.05, 0) is 38.0 Å². The molecule has 0 bridgehead atoms. The van der Waals surface area contributed by atoms with E-state index in [1.807, 2.05) is 0 Å². The van der Waals surface area contributed by atoms with Crippen LogP contribution >= 0.6 is 0 Å². The lowest BCUT2D eigenvalue weighted by molar-refractivity contribution is -0.123. The minimum absolute atomic E-state index is 0.0566. The summed E-state index contributed by atoms with van der Waals surface area (Å²) in [5.74, 6) is 1.04. The van der Waals surface area contributed by atoms with Gasteiger partial charge in [-0.3, -0.25) is 4.79 Å². The molecule has 104 valence electrons. The summed E-state index contributed by atoms with van der Waals surface area (Å²) < 4.78 is 5.27. The standard InChI is InChI=1S/C14H26N2O2/c1-3-10-4-6-11(7-5-10)16-14(17)13-8-12(18-2)9-15-13/h10-13,15H,3-9H2,1-2H3,(H,16,17). The molecule has 1 saturated heterocycles. The molecular formula is C14H26N2O2. The maximum absolute atomic E-state index is 12.1. The topological polar surface area (TPSA) is 50.4 Å². The van der Waals surface area contributed by atoms with Gasteiger partial charge in [-0.25, -0.2) is 0 Å². The fourth-order valence-corrected chi connectivity index (χ4v) is 3.10. The molecule has 18 heavy (non-hydrogen) atoms. The highest BCUT2D eigenvalue weighted by molar-refractivity contribution is 5.82. The maximum Gasteiger partial charge on any atom is 0.237 e. The van der Waals surface area contributed by atoms with Crippen LogP contribution < -0.4 is 10.6 Å². The van der Waals surface area contributed by atoms with Crippen molar-refractivity contribution in [1.29, 1.82) is 0 Å². The molecule has 2 fully saturated rings. The molecule has 1 aliphatic carbocycles. The molecule has 2 rings (SSSR count). The largest absolute Gasteiger partial charge is 0.380 e. The second-order valence-corrected chi connectivity index (χ2v) is 5.69. The molecule has 2 unspecified atom stereocenters. The Morgan fingerprint density at radius 3 is 2.61 bits per heavy atom. The average Bonchev–Trinajstić information content (AvgIpc) is 2.88. The number of nitrogens with one attached hydrogen (secondary N) is 2. The highest BCUT2D eigenvalue weighted by Crippen LogP contribution is 2.26. The summed E-state index contributed by atoms with van der Waals surface area (Å²) in [7, 11) is 1.71. The van der Waals surface area contributed by atoms with Crippen LogP contribution in [-0.2, 0) is 9.53 Å². The van der Waals surface area contributed by atoms with Gasteiger partial charge in [0.25, 0.3) is 0 Å². The van der Waals surface area contributed by atoms with E-state index >= 15 is 0 Å². The van der Waals surface area contributed by atoms with Crippen LogP contribution in [0.4, 0.5) is 0 Å². The van der Waals surface area contributed by atoms with E-state index in [1.165, 1.54) is 19.3 Å². The number of carbonyl (C=O) groups excluding carboxylic acids is 1. The van der Waals surface area contributed by atoms with Gasteiger partial charge in [0.2, 0.25) is 5.91 Å². The number of ether oxygens (including phenoxy) is 1. The van der Waals surface area contributed by atoms with Gasteiger partial charge < -0.3 is 15.4 Å². The summed E-state index contributed by atoms with van der Waals surface area (Å²) >= 11 is 0. The Morgan fingerprint density at radius 1 is 1.33 bits per heavy atom. The Balaban J connectivity index is 1.72. The fraction of sp³-hybridized carbons (Fsp3) is 0.929. The fourth-order valence-electron chi connectivity index (χ4n) is 3.10. The Kier molecular flexibility index (Phi) is 5.01. The Morgan fingerprint density at radius 2 is 2.06 bits per heavy atom. The minimum atomic E-state index is -0.0566. The van der Waals surface area contributed by atoms with E-state index in [-0.39, 0.29) is 18.1 Å². The van der Waals surface area contributed by atoms with E-state index in [1.54, 1.807) is 7.11 Å². The lowest BCUT2D eigenvalue weighted by atomic mass is 9.84. The van der Waals surface area contributed by atoms with Crippen LogP contribution in [0, 0.1) is 5.92 Å². The second-order valence-electron chi connectivity index (χ2n) is 5.69. The molecule has 0 aromatic carbocycles. The third-order valence-electron chi connectivity index (χ3n) is 4.51. The van der Waals surface area contributed by atoms with Gasteiger partial charge >= 0.3 is 0 Å². The molecule has 1 heterocycles. The zero-order chi connectivity index (χ0) is 13.0. The van der Waals surface area contributed by atoms with E-state index in [0.29, 0.717) is 6.04 Å². The summed E-state index contributed by atoms with van der Waals surface area (Å²) in [6.07, 6.45) is 7.08. The number of rotatable bonds is 4. The second kappa shape index (κ2) is 6.53. The first-order valence-corrected chi connectivity index (χ1v) is 7.29. The van der Waals surface area contributed by atoms with Crippen molar-refractivity contribution in [3.05, 3.63) is 0 Å². The molecule has 1 saturated carbocycles. The van der Waals surface area contributed by atoms with E-state index in [2.05, 4.69) is 17.6 Å². The van der Waals surface area contributed by atoms with Crippen LogP contribution in [0.1, 0.15) is 45.4 Å². The number of hydrogen-bond donors (Lipinski definition) is 2. The average molecular weight is 254 g/mol. The highest BCUT2D eigenvalue weighted by Gasteiger charge is 2.31. The Labute approximate surface area is 110 Å². The van der Waals surface area contributed by atoms with Crippen molar-refractivity contribution in [3.63, 3.8) is 0 Å². The lowest BCUT2D eigenvalue weighted by Gasteiger charge is -2.29. The predicted molar refractivity (Wildman–Crippen MR) is 71.4 cm³/mol. The zero-order valence-electron chi connectivity index (χ0n) is 11.6. The van der Waals surface area contributed by atoms with Gasteiger partial charge in [-0.1, -0.05) is 13.3 Å². The third-order valence-corrected chi connectivity index (χ3v) is 4.51. The highest BCUT2D eigenvalue weighted by atomic mass is 16.5. The van der Waals surface area contributed by atoms with Crippen LogP contribution in [0.3, 0.4) is 0 Å². The normalized spacial score (nSPS) is 36.6. The number of hydrogen-bond acceptors (Lipinski definition) is 3. The van der Waals surface area contributed by atoms with Crippen LogP contribution in [-0.4, -0.2) is 37.7 Å². The van der Waals surface area contributed by atoms with Crippen molar-refractivity contribution >= 4 is 5.91 Å². The van der Waals surface area contributed by atoms with E-state index in [0.717, 1.165) is 31.7 Å². The Hall–Kier alpha value is -0.610. The molecular weight excluding hydrogens is 228 g/mol. The summed E-state index contributed by atoms with van der Waals surface area (Å²) in [4.78, 5) is 12.1. The van der Waals surface area contributed by atoms with Crippen molar-refractivity contribution in [3.8, 4) is 0 Å². The molecule has 1 aliphatic heterocycles. The summed E-state index contributed by atoms with van der Waals surface area (Å²) in [6, 6.07) is 0.336. The van der Waals surface area contributed by atoms with Crippen molar-refractivity contribution < 1.29 is 9.53 Å². The van der Waals surface area contributed by atoms with E-state index in [4.69, 9.17) is 4.74 Å². The smallest absolute Gasteiger partial charge is 0.237 e. The monoisotopic (exact) mass is 254 g/mol. The minimum Gasteiger partial charge on any atom is -0.380 e. The molecule has 2 aliphatic rings. The van der Waals surface area contributed by atoms with E-state index in [9.17, 15) is 4.79 Å². The maximum atomic E-state index is 12.1. The summed E-state index contributed by atoms with van der Waals surface area (Å²) in [6.45, 7) is 3.05. The van der Waals surface area contributed by atoms with Crippen LogP contribution in [0.5, 0.6) is 0 Å². The quantitative estimate of drug-likeness (QED) is 0.798. The van der Waals surface area contributed by atoms with E-state index < -0.39 is 0 Å². The molecule has 2 atom stereocenters. The molecule has 4 nitrogen and oxygen atoms in total. The molecule has 0 aromatic heterocycles. The van der Waals surface area contributed by atoms with Gasteiger partial charge in [-0.2, -0.15) is 0 Å². The number of carbonyl (C=O) groups is 1. The molecule has 4 heteroatoms. The lowest BCUT2D eigenvalue weighted by Crippen LogP contribution is -2.46. The Bertz CT molecular complexity index is 275. The van der Waals surface area contributed by atoms with Crippen molar-refractivity contribution in [2.45, 2.75) is 63.6 Å². The third kappa shape index (κ3) is 3.45. The molecule has 2 N–H and O–H groups in total. The predicted octanol–water partition coefficient (Wildman–Crippen LogP) is 1.45. The number of methoxy groups -OCH3 is 1. The van der Waals surface area contributed by atoms with Crippen LogP contribution in [0.15, 0.2) is 0 Å². The first-order valence-electron chi connectivity index (χ1n) is 7.29. The van der Waals surface area contributed by atoms with Gasteiger partial charge in [0.15, 0.2) is 0 Å². The van der Waals surface area contributed by atoms with Gasteiger partial charge in [0.1, 0.15) is 0 Å². The molecule has 0 radical (unpaired) electrons. The summed E-state index contributed by atoms with van der Waals surface area (Å²) in [5.41, 5.74) is 0. The molecule has 1 amide bonds.